The molecule has 0 spiro atoms. The third-order valence-electron chi connectivity index (χ3n) is 4.25. The molecule has 0 heterocycles. The van der Waals surface area contributed by atoms with Crippen molar-refractivity contribution >= 4 is 11.7 Å². The van der Waals surface area contributed by atoms with Crippen LogP contribution in [0.3, 0.4) is 0 Å². The highest BCUT2D eigenvalue weighted by Gasteiger charge is 2.30. The lowest BCUT2D eigenvalue weighted by Gasteiger charge is -2.23. The Morgan fingerprint density at radius 3 is 2.50 bits per heavy atom. The highest BCUT2D eigenvalue weighted by molar-refractivity contribution is 6.12. The molecule has 1 amide bonds. The van der Waals surface area contributed by atoms with Gasteiger partial charge in [0, 0.05) is 11.6 Å². The Labute approximate surface area is 131 Å². The van der Waals surface area contributed by atoms with Crippen LogP contribution in [0.4, 0.5) is 0 Å². The number of aryl methyl sites for hydroxylation is 2. The minimum absolute atomic E-state index is 0.101. The van der Waals surface area contributed by atoms with Gasteiger partial charge in [-0.05, 0) is 32.3 Å². The average molecular weight is 298 g/mol. The molecule has 0 aromatic heterocycles. The van der Waals surface area contributed by atoms with E-state index >= 15 is 0 Å². The molecule has 1 saturated carbocycles. The van der Waals surface area contributed by atoms with Crippen molar-refractivity contribution in [2.45, 2.75) is 52.0 Å². The number of carbonyl (C=O) groups is 2. The molecule has 116 valence electrons. The van der Waals surface area contributed by atoms with Crippen LogP contribution in [0, 0.1) is 31.1 Å². The maximum atomic E-state index is 12.5. The third-order valence-corrected chi connectivity index (χ3v) is 4.25. The summed E-state index contributed by atoms with van der Waals surface area (Å²) in [6.07, 6.45) is 5.24. The van der Waals surface area contributed by atoms with Crippen molar-refractivity contribution in [1.82, 2.24) is 5.32 Å². The van der Waals surface area contributed by atoms with Crippen molar-refractivity contribution in [3.8, 4) is 6.07 Å². The van der Waals surface area contributed by atoms with E-state index in [0.29, 0.717) is 5.56 Å². The van der Waals surface area contributed by atoms with Gasteiger partial charge in [0.15, 0.2) is 11.7 Å². The van der Waals surface area contributed by atoms with Crippen LogP contribution in [0.1, 0.15) is 53.6 Å². The number of rotatable bonds is 4. The van der Waals surface area contributed by atoms with Crippen molar-refractivity contribution in [2.24, 2.45) is 5.92 Å². The molecule has 0 aliphatic heterocycles. The summed E-state index contributed by atoms with van der Waals surface area (Å²) in [5, 5.41) is 12.1. The zero-order valence-corrected chi connectivity index (χ0v) is 13.2. The van der Waals surface area contributed by atoms with Gasteiger partial charge in [-0.2, -0.15) is 5.26 Å². The first-order chi connectivity index (χ1) is 10.5. The van der Waals surface area contributed by atoms with Crippen molar-refractivity contribution in [3.05, 3.63) is 34.9 Å². The number of Topliss-reactive ketones (excluding diaryl/α,β-unsaturated/α-hetero) is 1. The summed E-state index contributed by atoms with van der Waals surface area (Å²) in [6, 6.07) is 7.39. The van der Waals surface area contributed by atoms with Crippen molar-refractivity contribution in [1.29, 1.82) is 5.26 Å². The molecule has 1 atom stereocenters. The molecule has 1 aromatic carbocycles. The van der Waals surface area contributed by atoms with Gasteiger partial charge in [-0.1, -0.05) is 43.0 Å². The van der Waals surface area contributed by atoms with E-state index in [0.717, 1.165) is 36.8 Å². The fourth-order valence-electron chi connectivity index (χ4n) is 3.01. The quantitative estimate of drug-likeness (QED) is 0.686. The van der Waals surface area contributed by atoms with E-state index < -0.39 is 17.6 Å². The van der Waals surface area contributed by atoms with E-state index in [-0.39, 0.29) is 6.04 Å². The Morgan fingerprint density at radius 1 is 1.23 bits per heavy atom. The lowest BCUT2D eigenvalue weighted by Crippen LogP contribution is -2.42. The standard InChI is InChI=1S/C18H22N2O2/c1-12-8-9-15(13(2)10-12)17(21)16(11-19)18(22)20-14-6-4-3-5-7-14/h8-10,14,16H,3-7H2,1-2H3,(H,20,22)/t16-/m0/s1. The minimum Gasteiger partial charge on any atom is -0.352 e. The molecule has 0 saturated heterocycles. The lowest BCUT2D eigenvalue weighted by atomic mass is 9.92. The van der Waals surface area contributed by atoms with Crippen molar-refractivity contribution < 1.29 is 9.59 Å². The first-order valence-corrected chi connectivity index (χ1v) is 7.84. The monoisotopic (exact) mass is 298 g/mol. The van der Waals surface area contributed by atoms with Crippen LogP contribution >= 0.6 is 0 Å². The summed E-state index contributed by atoms with van der Waals surface area (Å²) >= 11 is 0. The minimum atomic E-state index is -1.26. The van der Waals surface area contributed by atoms with Gasteiger partial charge in [0.1, 0.15) is 0 Å². The summed E-state index contributed by atoms with van der Waals surface area (Å²) in [5.41, 5.74) is 2.31. The van der Waals surface area contributed by atoms with E-state index in [1.165, 1.54) is 6.42 Å². The van der Waals surface area contributed by atoms with Crippen LogP contribution in [-0.2, 0) is 4.79 Å². The van der Waals surface area contributed by atoms with Crippen LogP contribution in [-0.4, -0.2) is 17.7 Å². The van der Waals surface area contributed by atoms with E-state index in [4.69, 9.17) is 0 Å². The van der Waals surface area contributed by atoms with Crippen LogP contribution < -0.4 is 5.32 Å². The zero-order valence-electron chi connectivity index (χ0n) is 13.2. The number of nitrogens with zero attached hydrogens (tertiary/aromatic N) is 1. The van der Waals surface area contributed by atoms with E-state index in [9.17, 15) is 14.9 Å². The number of benzene rings is 1. The average Bonchev–Trinajstić information content (AvgIpc) is 2.48. The summed E-state index contributed by atoms with van der Waals surface area (Å²) in [6.45, 7) is 3.77. The Balaban J connectivity index is 2.11. The van der Waals surface area contributed by atoms with E-state index in [1.807, 2.05) is 32.0 Å². The largest absolute Gasteiger partial charge is 0.352 e. The van der Waals surface area contributed by atoms with Gasteiger partial charge in [0.2, 0.25) is 5.91 Å². The topological polar surface area (TPSA) is 70.0 Å². The van der Waals surface area contributed by atoms with Gasteiger partial charge in [-0.25, -0.2) is 0 Å². The first-order valence-electron chi connectivity index (χ1n) is 7.84. The van der Waals surface area contributed by atoms with E-state index in [2.05, 4.69) is 5.32 Å². The molecule has 0 bridgehead atoms. The zero-order chi connectivity index (χ0) is 16.1. The number of nitriles is 1. The fraction of sp³-hybridized carbons (Fsp3) is 0.500. The number of hydrogen-bond acceptors (Lipinski definition) is 3. The summed E-state index contributed by atoms with van der Waals surface area (Å²) in [7, 11) is 0. The highest BCUT2D eigenvalue weighted by Crippen LogP contribution is 2.19. The molecule has 1 aliphatic rings. The van der Waals surface area contributed by atoms with Crippen LogP contribution in [0.25, 0.3) is 0 Å². The van der Waals surface area contributed by atoms with Gasteiger partial charge in [0.25, 0.3) is 0 Å². The molecule has 2 rings (SSSR count). The maximum absolute atomic E-state index is 12.5. The van der Waals surface area contributed by atoms with Crippen LogP contribution in [0.5, 0.6) is 0 Å². The highest BCUT2D eigenvalue weighted by atomic mass is 16.2. The molecule has 22 heavy (non-hydrogen) atoms. The summed E-state index contributed by atoms with van der Waals surface area (Å²) in [4.78, 5) is 24.8. The van der Waals surface area contributed by atoms with Crippen molar-refractivity contribution in [3.63, 3.8) is 0 Å². The van der Waals surface area contributed by atoms with Gasteiger partial charge in [-0.15, -0.1) is 0 Å². The molecule has 1 fully saturated rings. The van der Waals surface area contributed by atoms with Crippen LogP contribution in [0.15, 0.2) is 18.2 Å². The Bertz CT molecular complexity index is 610. The molecular weight excluding hydrogens is 276 g/mol. The number of hydrogen-bond donors (Lipinski definition) is 1. The smallest absolute Gasteiger partial charge is 0.245 e. The molecule has 1 aliphatic carbocycles. The predicted molar refractivity (Wildman–Crippen MR) is 84.4 cm³/mol. The molecule has 0 unspecified atom stereocenters. The number of carbonyl (C=O) groups excluding carboxylic acids is 2. The van der Waals surface area contributed by atoms with E-state index in [1.54, 1.807) is 6.07 Å². The Kier molecular flexibility index (Phi) is 5.32. The second kappa shape index (κ2) is 7.22. The van der Waals surface area contributed by atoms with Crippen LogP contribution in [0.2, 0.25) is 0 Å². The SMILES string of the molecule is Cc1ccc(C(=O)[C@H](C#N)C(=O)NC2CCCCC2)c(C)c1. The van der Waals surface area contributed by atoms with Gasteiger partial charge < -0.3 is 5.32 Å². The molecule has 4 nitrogen and oxygen atoms in total. The fourth-order valence-corrected chi connectivity index (χ4v) is 3.01. The van der Waals surface area contributed by atoms with Gasteiger partial charge >= 0.3 is 0 Å². The Morgan fingerprint density at radius 2 is 1.91 bits per heavy atom. The third kappa shape index (κ3) is 3.73. The molecule has 1 N–H and O–H groups in total. The second-order valence-electron chi connectivity index (χ2n) is 6.09. The maximum Gasteiger partial charge on any atom is 0.245 e. The predicted octanol–water partition coefficient (Wildman–Crippen LogP) is 3.07. The second-order valence-corrected chi connectivity index (χ2v) is 6.09. The lowest BCUT2D eigenvalue weighted by molar-refractivity contribution is -0.123. The summed E-state index contributed by atoms with van der Waals surface area (Å²) < 4.78 is 0. The number of ketones is 1. The molecule has 1 aromatic rings. The number of nitrogens with one attached hydrogen (secondary N) is 1. The Hall–Kier alpha value is -2.15. The van der Waals surface area contributed by atoms with Gasteiger partial charge in [0.05, 0.1) is 6.07 Å². The number of amides is 1. The summed E-state index contributed by atoms with van der Waals surface area (Å²) in [5.74, 6) is -2.13. The van der Waals surface area contributed by atoms with Gasteiger partial charge in [-0.3, -0.25) is 9.59 Å². The normalized spacial score (nSPS) is 16.6. The van der Waals surface area contributed by atoms with Crippen molar-refractivity contribution in [2.75, 3.05) is 0 Å². The molecular formula is C18H22N2O2. The molecule has 4 heteroatoms. The first kappa shape index (κ1) is 16.2. The molecule has 0 radical (unpaired) electrons.